The molecular weight excluding hydrogens is 360 g/mol. The first-order chi connectivity index (χ1) is 13.2. The summed E-state index contributed by atoms with van der Waals surface area (Å²) < 4.78 is 0. The molecule has 2 aliphatic rings. The summed E-state index contributed by atoms with van der Waals surface area (Å²) >= 11 is 0. The van der Waals surface area contributed by atoms with Crippen LogP contribution in [0, 0.1) is 12.8 Å². The Balaban J connectivity index is 1.63. The maximum atomic E-state index is 12.8. The summed E-state index contributed by atoms with van der Waals surface area (Å²) in [5.41, 5.74) is 1.14. The average Bonchev–Trinajstić information content (AvgIpc) is 2.84. The van der Waals surface area contributed by atoms with Crippen molar-refractivity contribution in [1.29, 1.82) is 0 Å². The van der Waals surface area contributed by atoms with E-state index in [4.69, 9.17) is 0 Å². The maximum Gasteiger partial charge on any atom is 0.325 e. The van der Waals surface area contributed by atoms with Crippen LogP contribution in [0.5, 0.6) is 0 Å². The number of amides is 5. The van der Waals surface area contributed by atoms with Crippen molar-refractivity contribution in [3.05, 3.63) is 23.8 Å². The minimum absolute atomic E-state index is 0.176. The van der Waals surface area contributed by atoms with Crippen molar-refractivity contribution in [3.63, 3.8) is 0 Å². The number of urea groups is 1. The van der Waals surface area contributed by atoms with Crippen LogP contribution in [0.3, 0.4) is 0 Å². The number of anilines is 2. The van der Waals surface area contributed by atoms with Crippen LogP contribution in [0.15, 0.2) is 18.2 Å². The van der Waals surface area contributed by atoms with E-state index in [1.165, 1.54) is 6.92 Å². The second-order valence-corrected chi connectivity index (χ2v) is 7.85. The number of rotatable bonds is 4. The molecule has 0 unspecified atom stereocenters. The fraction of sp³-hybridized carbons (Fsp3) is 0.500. The number of aryl methyl sites for hydroxylation is 1. The predicted molar refractivity (Wildman–Crippen MR) is 105 cm³/mol. The standard InChI is InChI=1S/C20H26N4O4/c1-12-6-8-20(9-7-12)18(27)24(19(28)23-20)11-17(26)22-15-4-5-16(13(2)10-15)21-14(3)25/h4-5,10,12H,6-9,11H2,1-3H3,(H,21,25)(H,22,26)(H,23,28). The molecule has 1 aromatic rings. The van der Waals surface area contributed by atoms with Crippen LogP contribution >= 0.6 is 0 Å². The van der Waals surface area contributed by atoms with Crippen molar-refractivity contribution >= 4 is 35.1 Å². The van der Waals surface area contributed by atoms with Crippen molar-refractivity contribution in [2.24, 2.45) is 5.92 Å². The van der Waals surface area contributed by atoms with Crippen molar-refractivity contribution < 1.29 is 19.2 Å². The van der Waals surface area contributed by atoms with E-state index in [2.05, 4.69) is 22.9 Å². The van der Waals surface area contributed by atoms with Crippen LogP contribution in [0.25, 0.3) is 0 Å². The van der Waals surface area contributed by atoms with Gasteiger partial charge in [-0.25, -0.2) is 4.79 Å². The topological polar surface area (TPSA) is 108 Å². The molecule has 8 heteroatoms. The summed E-state index contributed by atoms with van der Waals surface area (Å²) in [5.74, 6) is -0.394. The molecule has 1 saturated carbocycles. The van der Waals surface area contributed by atoms with Gasteiger partial charge in [0.15, 0.2) is 0 Å². The molecule has 1 aliphatic carbocycles. The highest BCUT2D eigenvalue weighted by atomic mass is 16.2. The third-order valence-corrected chi connectivity index (χ3v) is 5.50. The van der Waals surface area contributed by atoms with Gasteiger partial charge in [0.2, 0.25) is 11.8 Å². The van der Waals surface area contributed by atoms with Gasteiger partial charge in [-0.3, -0.25) is 19.3 Å². The maximum absolute atomic E-state index is 12.8. The Hall–Kier alpha value is -2.90. The Labute approximate surface area is 164 Å². The van der Waals surface area contributed by atoms with Gasteiger partial charge in [0.05, 0.1) is 0 Å². The lowest BCUT2D eigenvalue weighted by Crippen LogP contribution is -2.49. The number of hydrogen-bond acceptors (Lipinski definition) is 4. The van der Waals surface area contributed by atoms with Gasteiger partial charge >= 0.3 is 6.03 Å². The Bertz CT molecular complexity index is 827. The zero-order valence-corrected chi connectivity index (χ0v) is 16.4. The Morgan fingerprint density at radius 3 is 2.50 bits per heavy atom. The average molecular weight is 386 g/mol. The van der Waals surface area contributed by atoms with Crippen LogP contribution < -0.4 is 16.0 Å². The van der Waals surface area contributed by atoms with Gasteiger partial charge in [-0.1, -0.05) is 6.92 Å². The van der Waals surface area contributed by atoms with Gasteiger partial charge in [-0.2, -0.15) is 0 Å². The number of nitrogens with zero attached hydrogens (tertiary/aromatic N) is 1. The van der Waals surface area contributed by atoms with Gasteiger partial charge in [-0.05, 0) is 62.3 Å². The second-order valence-electron chi connectivity index (χ2n) is 7.85. The fourth-order valence-corrected chi connectivity index (χ4v) is 3.83. The van der Waals surface area contributed by atoms with E-state index in [0.29, 0.717) is 30.1 Å². The highest BCUT2D eigenvalue weighted by molar-refractivity contribution is 6.10. The van der Waals surface area contributed by atoms with Crippen molar-refractivity contribution in [1.82, 2.24) is 10.2 Å². The number of carbonyl (C=O) groups excluding carboxylic acids is 4. The summed E-state index contributed by atoms with van der Waals surface area (Å²) in [6.07, 6.45) is 2.99. The summed E-state index contributed by atoms with van der Waals surface area (Å²) in [6, 6.07) is 4.57. The van der Waals surface area contributed by atoms with Gasteiger partial charge in [0.25, 0.3) is 5.91 Å². The molecule has 1 aromatic carbocycles. The number of hydrogen-bond donors (Lipinski definition) is 3. The number of benzene rings is 1. The summed E-state index contributed by atoms with van der Waals surface area (Å²) in [4.78, 5) is 49.7. The third-order valence-electron chi connectivity index (χ3n) is 5.50. The summed E-state index contributed by atoms with van der Waals surface area (Å²) in [5, 5.41) is 8.22. The predicted octanol–water partition coefficient (Wildman–Crippen LogP) is 2.39. The SMILES string of the molecule is CC(=O)Nc1ccc(NC(=O)CN2C(=O)NC3(CCC(C)CC3)C2=O)cc1C. The lowest BCUT2D eigenvalue weighted by atomic mass is 9.77. The molecule has 2 fully saturated rings. The van der Waals surface area contributed by atoms with E-state index in [1.807, 2.05) is 6.92 Å². The lowest BCUT2D eigenvalue weighted by Gasteiger charge is -2.33. The zero-order valence-electron chi connectivity index (χ0n) is 16.4. The Morgan fingerprint density at radius 2 is 1.89 bits per heavy atom. The highest BCUT2D eigenvalue weighted by Gasteiger charge is 2.52. The minimum atomic E-state index is -0.847. The zero-order chi connectivity index (χ0) is 20.5. The monoisotopic (exact) mass is 386 g/mol. The van der Waals surface area contributed by atoms with Gasteiger partial charge in [0.1, 0.15) is 12.1 Å². The molecule has 5 amide bonds. The van der Waals surface area contributed by atoms with Crippen molar-refractivity contribution in [2.45, 2.75) is 52.0 Å². The molecular formula is C20H26N4O4. The normalized spacial score (nSPS) is 24.2. The van der Waals surface area contributed by atoms with Crippen LogP contribution in [0.4, 0.5) is 16.2 Å². The van der Waals surface area contributed by atoms with E-state index in [1.54, 1.807) is 18.2 Å². The van der Waals surface area contributed by atoms with Gasteiger partial charge < -0.3 is 16.0 Å². The van der Waals surface area contributed by atoms with E-state index < -0.39 is 17.5 Å². The quantitative estimate of drug-likeness (QED) is 0.691. The third kappa shape index (κ3) is 4.00. The molecule has 28 heavy (non-hydrogen) atoms. The first kappa shape index (κ1) is 19.9. The van der Waals surface area contributed by atoms with Crippen LogP contribution in [-0.4, -0.2) is 40.7 Å². The molecule has 1 saturated heterocycles. The number of nitrogens with one attached hydrogen (secondary N) is 3. The van der Waals surface area contributed by atoms with E-state index in [-0.39, 0.29) is 18.4 Å². The molecule has 1 spiro atoms. The second kappa shape index (κ2) is 7.61. The van der Waals surface area contributed by atoms with Crippen molar-refractivity contribution in [3.8, 4) is 0 Å². The van der Waals surface area contributed by atoms with Crippen LogP contribution in [-0.2, 0) is 14.4 Å². The molecule has 0 atom stereocenters. The number of imide groups is 1. The summed E-state index contributed by atoms with van der Waals surface area (Å²) in [6.45, 7) is 5.05. The van der Waals surface area contributed by atoms with Crippen LogP contribution in [0.2, 0.25) is 0 Å². The molecule has 3 N–H and O–H groups in total. The van der Waals surface area contributed by atoms with E-state index >= 15 is 0 Å². The number of carbonyl (C=O) groups is 4. The largest absolute Gasteiger partial charge is 0.326 e. The minimum Gasteiger partial charge on any atom is -0.326 e. The molecule has 0 aromatic heterocycles. The van der Waals surface area contributed by atoms with Crippen molar-refractivity contribution in [2.75, 3.05) is 17.2 Å². The molecule has 3 rings (SSSR count). The molecule has 0 bridgehead atoms. The smallest absolute Gasteiger partial charge is 0.325 e. The molecule has 1 heterocycles. The first-order valence-corrected chi connectivity index (χ1v) is 9.52. The van der Waals surface area contributed by atoms with E-state index in [9.17, 15) is 19.2 Å². The first-order valence-electron chi connectivity index (χ1n) is 9.52. The lowest BCUT2D eigenvalue weighted by molar-refractivity contribution is -0.135. The van der Waals surface area contributed by atoms with Gasteiger partial charge in [0, 0.05) is 18.3 Å². The highest BCUT2D eigenvalue weighted by Crippen LogP contribution is 2.36. The van der Waals surface area contributed by atoms with E-state index in [0.717, 1.165) is 23.3 Å². The van der Waals surface area contributed by atoms with Gasteiger partial charge in [-0.15, -0.1) is 0 Å². The van der Waals surface area contributed by atoms with Crippen LogP contribution in [0.1, 0.15) is 45.1 Å². The fourth-order valence-electron chi connectivity index (χ4n) is 3.83. The Kier molecular flexibility index (Phi) is 5.40. The molecule has 0 radical (unpaired) electrons. The molecule has 1 aliphatic heterocycles. The molecule has 150 valence electrons. The summed E-state index contributed by atoms with van der Waals surface area (Å²) in [7, 11) is 0. The molecule has 8 nitrogen and oxygen atoms in total. The Morgan fingerprint density at radius 1 is 1.21 bits per heavy atom.